The standard InChI is InChI=1S/C16H19NO/c18-16(8-10-17-11-9-16)12-14-6-3-5-13-4-1-2-7-15(13)14/h1-7,17-18H,8-12H2. The van der Waals surface area contributed by atoms with Crippen LogP contribution in [0.5, 0.6) is 0 Å². The highest BCUT2D eigenvalue weighted by molar-refractivity contribution is 5.85. The minimum absolute atomic E-state index is 0.532. The van der Waals surface area contributed by atoms with Gasteiger partial charge in [-0.25, -0.2) is 0 Å². The van der Waals surface area contributed by atoms with Crippen LogP contribution in [0.4, 0.5) is 0 Å². The number of piperidine rings is 1. The van der Waals surface area contributed by atoms with Gasteiger partial charge in [-0.3, -0.25) is 0 Å². The Bertz CT molecular complexity index is 538. The van der Waals surface area contributed by atoms with E-state index >= 15 is 0 Å². The molecule has 94 valence electrons. The Morgan fingerprint density at radius 1 is 1.00 bits per heavy atom. The van der Waals surface area contributed by atoms with Crippen LogP contribution >= 0.6 is 0 Å². The van der Waals surface area contributed by atoms with E-state index in [9.17, 15) is 5.11 Å². The van der Waals surface area contributed by atoms with Crippen molar-refractivity contribution in [3.63, 3.8) is 0 Å². The van der Waals surface area contributed by atoms with Gasteiger partial charge < -0.3 is 10.4 Å². The minimum Gasteiger partial charge on any atom is -0.389 e. The highest BCUT2D eigenvalue weighted by Crippen LogP contribution is 2.27. The molecule has 1 fully saturated rings. The van der Waals surface area contributed by atoms with Crippen molar-refractivity contribution in [2.45, 2.75) is 24.9 Å². The molecule has 0 saturated carbocycles. The van der Waals surface area contributed by atoms with E-state index in [0.717, 1.165) is 32.4 Å². The molecular formula is C16H19NO. The number of nitrogens with one attached hydrogen (secondary N) is 1. The third kappa shape index (κ3) is 2.26. The fraction of sp³-hybridized carbons (Fsp3) is 0.375. The first kappa shape index (κ1) is 11.7. The summed E-state index contributed by atoms with van der Waals surface area (Å²) in [5.41, 5.74) is 0.729. The van der Waals surface area contributed by atoms with Gasteiger partial charge in [0.25, 0.3) is 0 Å². The first-order chi connectivity index (χ1) is 8.77. The van der Waals surface area contributed by atoms with Crippen LogP contribution in [0.2, 0.25) is 0 Å². The van der Waals surface area contributed by atoms with Crippen LogP contribution in [0.25, 0.3) is 10.8 Å². The summed E-state index contributed by atoms with van der Waals surface area (Å²) >= 11 is 0. The predicted molar refractivity (Wildman–Crippen MR) is 74.7 cm³/mol. The van der Waals surface area contributed by atoms with Crippen LogP contribution in [-0.2, 0) is 6.42 Å². The Morgan fingerprint density at radius 3 is 2.56 bits per heavy atom. The van der Waals surface area contributed by atoms with Crippen molar-refractivity contribution in [3.05, 3.63) is 48.0 Å². The summed E-state index contributed by atoms with van der Waals surface area (Å²) in [6.45, 7) is 1.84. The molecule has 0 unspecified atom stereocenters. The molecule has 3 rings (SSSR count). The van der Waals surface area contributed by atoms with Gasteiger partial charge in [-0.1, -0.05) is 42.5 Å². The van der Waals surface area contributed by atoms with E-state index in [1.165, 1.54) is 16.3 Å². The Morgan fingerprint density at radius 2 is 1.72 bits per heavy atom. The number of benzene rings is 2. The third-order valence-electron chi connectivity index (χ3n) is 3.93. The van der Waals surface area contributed by atoms with E-state index in [1.807, 2.05) is 0 Å². The summed E-state index contributed by atoms with van der Waals surface area (Å²) in [5, 5.41) is 16.5. The van der Waals surface area contributed by atoms with Crippen molar-refractivity contribution in [2.75, 3.05) is 13.1 Å². The van der Waals surface area contributed by atoms with Crippen molar-refractivity contribution < 1.29 is 5.11 Å². The number of hydrogen-bond donors (Lipinski definition) is 2. The Balaban J connectivity index is 1.94. The number of rotatable bonds is 2. The Labute approximate surface area is 108 Å². The fourth-order valence-corrected chi connectivity index (χ4v) is 2.87. The summed E-state index contributed by atoms with van der Waals surface area (Å²) in [7, 11) is 0. The van der Waals surface area contributed by atoms with Gasteiger partial charge in [-0.2, -0.15) is 0 Å². The maximum atomic E-state index is 10.6. The lowest BCUT2D eigenvalue weighted by Gasteiger charge is -2.33. The van der Waals surface area contributed by atoms with Crippen LogP contribution < -0.4 is 5.32 Å². The zero-order valence-corrected chi connectivity index (χ0v) is 10.5. The Hall–Kier alpha value is -1.38. The highest BCUT2D eigenvalue weighted by Gasteiger charge is 2.29. The molecule has 0 bridgehead atoms. The maximum absolute atomic E-state index is 10.6. The molecule has 2 aromatic carbocycles. The fourth-order valence-electron chi connectivity index (χ4n) is 2.87. The molecule has 2 N–H and O–H groups in total. The second-order valence-electron chi connectivity index (χ2n) is 5.29. The van der Waals surface area contributed by atoms with E-state index in [4.69, 9.17) is 0 Å². The van der Waals surface area contributed by atoms with Gasteiger partial charge in [-0.05, 0) is 42.3 Å². The molecule has 2 nitrogen and oxygen atoms in total. The van der Waals surface area contributed by atoms with Crippen LogP contribution in [0, 0.1) is 0 Å². The van der Waals surface area contributed by atoms with Gasteiger partial charge in [0, 0.05) is 6.42 Å². The molecule has 0 spiro atoms. The molecule has 0 radical (unpaired) electrons. The molecule has 2 aromatic rings. The first-order valence-corrected chi connectivity index (χ1v) is 6.67. The molecule has 2 heteroatoms. The van der Waals surface area contributed by atoms with E-state index in [-0.39, 0.29) is 0 Å². The lowest BCUT2D eigenvalue weighted by atomic mass is 9.84. The first-order valence-electron chi connectivity index (χ1n) is 6.67. The molecule has 1 aliphatic heterocycles. The largest absolute Gasteiger partial charge is 0.389 e. The van der Waals surface area contributed by atoms with Crippen molar-refractivity contribution in [1.29, 1.82) is 0 Å². The highest BCUT2D eigenvalue weighted by atomic mass is 16.3. The molecule has 1 saturated heterocycles. The summed E-state index contributed by atoms with van der Waals surface area (Å²) in [6, 6.07) is 14.8. The minimum atomic E-state index is -0.532. The monoisotopic (exact) mass is 241 g/mol. The molecular weight excluding hydrogens is 222 g/mol. The van der Waals surface area contributed by atoms with Gasteiger partial charge in [0.2, 0.25) is 0 Å². The van der Waals surface area contributed by atoms with Crippen molar-refractivity contribution in [2.24, 2.45) is 0 Å². The van der Waals surface area contributed by atoms with Gasteiger partial charge in [0.1, 0.15) is 0 Å². The topological polar surface area (TPSA) is 32.3 Å². The second kappa shape index (κ2) is 4.71. The number of hydrogen-bond acceptors (Lipinski definition) is 2. The SMILES string of the molecule is OC1(Cc2cccc3ccccc23)CCNCC1. The molecule has 0 atom stereocenters. The van der Waals surface area contributed by atoms with Crippen LogP contribution in [0.3, 0.4) is 0 Å². The predicted octanol–water partition coefficient (Wildman–Crippen LogP) is 2.50. The van der Waals surface area contributed by atoms with Gasteiger partial charge in [-0.15, -0.1) is 0 Å². The number of fused-ring (bicyclic) bond motifs is 1. The van der Waals surface area contributed by atoms with Crippen molar-refractivity contribution in [3.8, 4) is 0 Å². The molecule has 18 heavy (non-hydrogen) atoms. The lowest BCUT2D eigenvalue weighted by molar-refractivity contribution is 0.0111. The molecule has 1 heterocycles. The van der Waals surface area contributed by atoms with Gasteiger partial charge in [0.15, 0.2) is 0 Å². The van der Waals surface area contributed by atoms with Crippen LogP contribution in [0.15, 0.2) is 42.5 Å². The molecule has 0 amide bonds. The summed E-state index contributed by atoms with van der Waals surface area (Å²) in [6.07, 6.45) is 2.45. The quantitative estimate of drug-likeness (QED) is 0.846. The van der Waals surface area contributed by atoms with Gasteiger partial charge >= 0.3 is 0 Å². The van der Waals surface area contributed by atoms with Crippen LogP contribution in [0.1, 0.15) is 18.4 Å². The number of aliphatic hydroxyl groups is 1. The average Bonchev–Trinajstić information content (AvgIpc) is 2.40. The average molecular weight is 241 g/mol. The van der Waals surface area contributed by atoms with Crippen LogP contribution in [-0.4, -0.2) is 23.8 Å². The summed E-state index contributed by atoms with van der Waals surface area (Å²) in [4.78, 5) is 0. The zero-order chi connectivity index (χ0) is 12.4. The van der Waals surface area contributed by atoms with Gasteiger partial charge in [0.05, 0.1) is 5.60 Å². The smallest absolute Gasteiger partial charge is 0.0712 e. The molecule has 1 aliphatic rings. The second-order valence-corrected chi connectivity index (χ2v) is 5.29. The summed E-state index contributed by atoms with van der Waals surface area (Å²) in [5.74, 6) is 0. The molecule has 0 aliphatic carbocycles. The Kier molecular flexibility index (Phi) is 3.06. The summed E-state index contributed by atoms with van der Waals surface area (Å²) < 4.78 is 0. The van der Waals surface area contributed by atoms with E-state index in [0.29, 0.717) is 0 Å². The van der Waals surface area contributed by atoms with Crippen molar-refractivity contribution >= 4 is 10.8 Å². The maximum Gasteiger partial charge on any atom is 0.0712 e. The van der Waals surface area contributed by atoms with E-state index in [2.05, 4.69) is 47.8 Å². The normalized spacial score (nSPS) is 18.9. The lowest BCUT2D eigenvalue weighted by Crippen LogP contribution is -2.43. The van der Waals surface area contributed by atoms with E-state index < -0.39 is 5.60 Å². The van der Waals surface area contributed by atoms with E-state index in [1.54, 1.807) is 0 Å². The zero-order valence-electron chi connectivity index (χ0n) is 10.5. The third-order valence-corrected chi connectivity index (χ3v) is 3.93. The molecule has 0 aromatic heterocycles. The van der Waals surface area contributed by atoms with Crippen molar-refractivity contribution in [1.82, 2.24) is 5.32 Å².